The second-order valence-electron chi connectivity index (χ2n) is 7.59. The number of likely N-dealkylation sites (tertiary alicyclic amines) is 1. The summed E-state index contributed by atoms with van der Waals surface area (Å²) < 4.78 is 5.50. The molecule has 0 aromatic heterocycles. The number of hydrogen-bond donors (Lipinski definition) is 1. The molecule has 26 heavy (non-hydrogen) atoms. The summed E-state index contributed by atoms with van der Waals surface area (Å²) in [7, 11) is 0. The molecule has 146 valence electrons. The van der Waals surface area contributed by atoms with E-state index in [4.69, 9.17) is 4.74 Å². The van der Waals surface area contributed by atoms with Crippen molar-refractivity contribution < 1.29 is 9.53 Å². The minimum Gasteiger partial charge on any atom is -0.494 e. The predicted molar refractivity (Wildman–Crippen MR) is 108 cm³/mol. The number of carbonyl (C=O) groups excluding carboxylic acids is 1. The quantitative estimate of drug-likeness (QED) is 0.786. The van der Waals surface area contributed by atoms with E-state index in [0.29, 0.717) is 18.4 Å². The number of ether oxygens (including phenoxy) is 1. The molecular formula is C21H33ClN2O2. The average Bonchev–Trinajstić information content (AvgIpc) is 2.60. The minimum absolute atomic E-state index is 0. The number of hydrogen-bond acceptors (Lipinski definition) is 3. The first-order valence-corrected chi connectivity index (χ1v) is 9.88. The first-order chi connectivity index (χ1) is 12.2. The van der Waals surface area contributed by atoms with E-state index < -0.39 is 0 Å². The lowest BCUT2D eigenvalue weighted by Gasteiger charge is -2.38. The summed E-state index contributed by atoms with van der Waals surface area (Å²) in [6.45, 7) is 8.72. The van der Waals surface area contributed by atoms with Crippen LogP contribution in [0.15, 0.2) is 24.3 Å². The van der Waals surface area contributed by atoms with Gasteiger partial charge in [0.25, 0.3) is 0 Å². The van der Waals surface area contributed by atoms with Gasteiger partial charge in [0.05, 0.1) is 6.61 Å². The molecule has 0 spiro atoms. The van der Waals surface area contributed by atoms with Crippen molar-refractivity contribution in [1.82, 2.24) is 10.2 Å². The van der Waals surface area contributed by atoms with Crippen LogP contribution >= 0.6 is 12.4 Å². The smallest absolute Gasteiger partial charge is 0.225 e. The number of nitrogens with one attached hydrogen (secondary N) is 1. The van der Waals surface area contributed by atoms with Gasteiger partial charge in [0, 0.05) is 19.0 Å². The summed E-state index contributed by atoms with van der Waals surface area (Å²) in [6, 6.07) is 8.49. The third kappa shape index (κ3) is 5.37. The average molecular weight is 381 g/mol. The van der Waals surface area contributed by atoms with Crippen molar-refractivity contribution >= 4 is 18.3 Å². The van der Waals surface area contributed by atoms with Crippen molar-refractivity contribution in [2.45, 2.75) is 39.5 Å². The van der Waals surface area contributed by atoms with Crippen LogP contribution in [0.3, 0.4) is 0 Å². The van der Waals surface area contributed by atoms with Crippen molar-refractivity contribution in [2.75, 3.05) is 32.8 Å². The zero-order chi connectivity index (χ0) is 17.6. The van der Waals surface area contributed by atoms with Gasteiger partial charge in [-0.2, -0.15) is 0 Å². The summed E-state index contributed by atoms with van der Waals surface area (Å²) in [4.78, 5) is 14.7. The fourth-order valence-corrected chi connectivity index (χ4v) is 3.89. The molecule has 1 atom stereocenters. The number of halogens is 1. The number of nitrogens with zero attached hydrogens (tertiary/aromatic N) is 1. The standard InChI is InChI=1S/C21H32N2O2.ClH/c1-3-25-20-8-6-17(7-9-20)4-5-18-10-12-23(13-11-18)21(24)16(2)19-14-22-15-19;/h6-9,16,18-19,22H,3-5,10-15H2,1-2H3;1H. The SMILES string of the molecule is CCOc1ccc(CCC2CCN(C(=O)C(C)C3CNC3)CC2)cc1.Cl. The summed E-state index contributed by atoms with van der Waals surface area (Å²) in [5, 5.41) is 3.27. The molecule has 2 heterocycles. The van der Waals surface area contributed by atoms with Crippen LogP contribution in [-0.4, -0.2) is 43.6 Å². The zero-order valence-corrected chi connectivity index (χ0v) is 16.9. The lowest BCUT2D eigenvalue weighted by molar-refractivity contribution is -0.138. The molecular weight excluding hydrogens is 348 g/mol. The van der Waals surface area contributed by atoms with Gasteiger partial charge in [-0.15, -0.1) is 12.4 Å². The molecule has 0 saturated carbocycles. The van der Waals surface area contributed by atoms with E-state index in [0.717, 1.165) is 57.1 Å². The molecule has 3 rings (SSSR count). The van der Waals surface area contributed by atoms with Crippen LogP contribution in [0, 0.1) is 17.8 Å². The molecule has 1 aromatic carbocycles. The molecule has 1 unspecified atom stereocenters. The number of rotatable bonds is 7. The van der Waals surface area contributed by atoms with Gasteiger partial charge in [0.2, 0.25) is 5.91 Å². The van der Waals surface area contributed by atoms with Crippen molar-refractivity contribution in [2.24, 2.45) is 17.8 Å². The van der Waals surface area contributed by atoms with Gasteiger partial charge in [0.1, 0.15) is 5.75 Å². The third-order valence-electron chi connectivity index (χ3n) is 5.91. The second kappa shape index (κ2) is 10.2. The molecule has 2 saturated heterocycles. The predicted octanol–water partition coefficient (Wildman–Crippen LogP) is 3.53. The van der Waals surface area contributed by atoms with Crippen LogP contribution in [0.5, 0.6) is 5.75 Å². The van der Waals surface area contributed by atoms with Gasteiger partial charge in [-0.3, -0.25) is 4.79 Å². The van der Waals surface area contributed by atoms with E-state index in [1.165, 1.54) is 12.0 Å². The highest BCUT2D eigenvalue weighted by Gasteiger charge is 2.33. The van der Waals surface area contributed by atoms with E-state index in [1.807, 2.05) is 6.92 Å². The van der Waals surface area contributed by atoms with Crippen LogP contribution in [-0.2, 0) is 11.2 Å². The van der Waals surface area contributed by atoms with Crippen LogP contribution in [0.4, 0.5) is 0 Å². The van der Waals surface area contributed by atoms with E-state index in [9.17, 15) is 4.79 Å². The Morgan fingerprint density at radius 2 is 1.88 bits per heavy atom. The number of carbonyl (C=O) groups is 1. The maximum absolute atomic E-state index is 12.6. The maximum atomic E-state index is 12.6. The highest BCUT2D eigenvalue weighted by molar-refractivity contribution is 5.85. The van der Waals surface area contributed by atoms with E-state index in [-0.39, 0.29) is 18.3 Å². The fraction of sp³-hybridized carbons (Fsp3) is 0.667. The monoisotopic (exact) mass is 380 g/mol. The fourth-order valence-electron chi connectivity index (χ4n) is 3.89. The number of amides is 1. The van der Waals surface area contributed by atoms with Gasteiger partial charge in [-0.1, -0.05) is 19.1 Å². The number of piperidine rings is 1. The van der Waals surface area contributed by atoms with Crippen molar-refractivity contribution in [3.05, 3.63) is 29.8 Å². The summed E-state index contributed by atoms with van der Waals surface area (Å²) >= 11 is 0. The zero-order valence-electron chi connectivity index (χ0n) is 16.1. The molecule has 2 aliphatic rings. The van der Waals surface area contributed by atoms with Crippen LogP contribution in [0.2, 0.25) is 0 Å². The Balaban J connectivity index is 0.00000243. The minimum atomic E-state index is 0. The molecule has 0 bridgehead atoms. The lowest BCUT2D eigenvalue weighted by Crippen LogP contribution is -2.51. The van der Waals surface area contributed by atoms with Gasteiger partial charge < -0.3 is 15.0 Å². The van der Waals surface area contributed by atoms with Crippen molar-refractivity contribution in [3.8, 4) is 5.75 Å². The van der Waals surface area contributed by atoms with Gasteiger partial charge >= 0.3 is 0 Å². The second-order valence-corrected chi connectivity index (χ2v) is 7.59. The molecule has 2 fully saturated rings. The van der Waals surface area contributed by atoms with Crippen LogP contribution in [0.25, 0.3) is 0 Å². The Hall–Kier alpha value is -1.26. The first-order valence-electron chi connectivity index (χ1n) is 9.88. The van der Waals surface area contributed by atoms with Crippen LogP contribution in [0.1, 0.15) is 38.7 Å². The highest BCUT2D eigenvalue weighted by Crippen LogP contribution is 2.26. The van der Waals surface area contributed by atoms with E-state index in [1.54, 1.807) is 0 Å². The Kier molecular flexibility index (Phi) is 8.23. The largest absolute Gasteiger partial charge is 0.494 e. The van der Waals surface area contributed by atoms with Gasteiger partial charge in [0.15, 0.2) is 0 Å². The molecule has 0 radical (unpaired) electrons. The third-order valence-corrected chi connectivity index (χ3v) is 5.91. The molecule has 0 aliphatic carbocycles. The molecule has 2 aliphatic heterocycles. The Morgan fingerprint density at radius 3 is 2.42 bits per heavy atom. The maximum Gasteiger partial charge on any atom is 0.225 e. The lowest BCUT2D eigenvalue weighted by atomic mass is 9.86. The summed E-state index contributed by atoms with van der Waals surface area (Å²) in [5.41, 5.74) is 1.38. The molecule has 1 amide bonds. The molecule has 5 heteroatoms. The topological polar surface area (TPSA) is 41.6 Å². The number of benzene rings is 1. The summed E-state index contributed by atoms with van der Waals surface area (Å²) in [6.07, 6.45) is 4.64. The highest BCUT2D eigenvalue weighted by atomic mass is 35.5. The first kappa shape index (κ1) is 21.0. The van der Waals surface area contributed by atoms with Crippen molar-refractivity contribution in [1.29, 1.82) is 0 Å². The number of aryl methyl sites for hydroxylation is 1. The molecule has 1 N–H and O–H groups in total. The molecule has 1 aromatic rings. The van der Waals surface area contributed by atoms with E-state index >= 15 is 0 Å². The Labute approximate surface area is 164 Å². The Bertz CT molecular complexity index is 552. The molecule has 4 nitrogen and oxygen atoms in total. The Morgan fingerprint density at radius 1 is 1.23 bits per heavy atom. The van der Waals surface area contributed by atoms with Crippen LogP contribution < -0.4 is 10.1 Å². The van der Waals surface area contributed by atoms with Gasteiger partial charge in [-0.05, 0) is 75.2 Å². The van der Waals surface area contributed by atoms with Crippen molar-refractivity contribution in [3.63, 3.8) is 0 Å². The normalized spacial score (nSPS) is 19.4. The van der Waals surface area contributed by atoms with E-state index in [2.05, 4.69) is 41.4 Å². The summed E-state index contributed by atoms with van der Waals surface area (Å²) in [5.74, 6) is 2.80. The van der Waals surface area contributed by atoms with Gasteiger partial charge in [-0.25, -0.2) is 0 Å².